The minimum absolute atomic E-state index is 0.156. The van der Waals surface area contributed by atoms with Crippen LogP contribution in [0.15, 0.2) is 21.5 Å². The number of halogens is 3. The SMILES string of the molecule is CSc1c(F)cc(Br)cc1I. The fourth-order valence-electron chi connectivity index (χ4n) is 0.724. The molecule has 4 heteroatoms. The van der Waals surface area contributed by atoms with Crippen LogP contribution in [0.25, 0.3) is 0 Å². The average molecular weight is 347 g/mol. The smallest absolute Gasteiger partial charge is 0.138 e. The van der Waals surface area contributed by atoms with Crippen LogP contribution >= 0.6 is 50.3 Å². The largest absolute Gasteiger partial charge is 0.206 e. The second kappa shape index (κ2) is 4.09. The second-order valence-corrected chi connectivity index (χ2v) is 4.80. The molecule has 0 aromatic heterocycles. The Morgan fingerprint density at radius 2 is 2.18 bits per heavy atom. The van der Waals surface area contributed by atoms with Gasteiger partial charge in [0.25, 0.3) is 0 Å². The van der Waals surface area contributed by atoms with Crippen molar-refractivity contribution in [1.29, 1.82) is 0 Å². The van der Waals surface area contributed by atoms with Gasteiger partial charge in [0.15, 0.2) is 0 Å². The van der Waals surface area contributed by atoms with E-state index in [4.69, 9.17) is 0 Å². The molecule has 0 aliphatic rings. The number of thioether (sulfide) groups is 1. The van der Waals surface area contributed by atoms with E-state index in [1.165, 1.54) is 17.8 Å². The molecule has 0 spiro atoms. The first-order valence-corrected chi connectivity index (χ1v) is 5.93. The molecule has 0 aliphatic carbocycles. The fourth-order valence-corrected chi connectivity index (χ4v) is 3.34. The summed E-state index contributed by atoms with van der Waals surface area (Å²) in [5.41, 5.74) is 0. The van der Waals surface area contributed by atoms with Gasteiger partial charge in [-0.1, -0.05) is 15.9 Å². The Hall–Kier alpha value is 0.710. The van der Waals surface area contributed by atoms with Gasteiger partial charge < -0.3 is 0 Å². The van der Waals surface area contributed by atoms with Crippen LogP contribution in [0.2, 0.25) is 0 Å². The van der Waals surface area contributed by atoms with Crippen molar-refractivity contribution in [2.75, 3.05) is 6.26 Å². The molecular formula is C7H5BrFIS. The number of hydrogen-bond donors (Lipinski definition) is 0. The van der Waals surface area contributed by atoms with Crippen molar-refractivity contribution in [1.82, 2.24) is 0 Å². The number of hydrogen-bond acceptors (Lipinski definition) is 1. The van der Waals surface area contributed by atoms with E-state index in [0.717, 1.165) is 8.04 Å². The van der Waals surface area contributed by atoms with E-state index in [2.05, 4.69) is 38.5 Å². The summed E-state index contributed by atoms with van der Waals surface area (Å²) >= 11 is 6.77. The van der Waals surface area contributed by atoms with Gasteiger partial charge in [0.1, 0.15) is 5.82 Å². The second-order valence-electron chi connectivity index (χ2n) is 1.90. The Morgan fingerprint density at radius 3 is 2.64 bits per heavy atom. The van der Waals surface area contributed by atoms with Gasteiger partial charge in [-0.15, -0.1) is 11.8 Å². The van der Waals surface area contributed by atoms with Crippen LogP contribution in [-0.4, -0.2) is 6.26 Å². The highest BCUT2D eigenvalue weighted by molar-refractivity contribution is 14.1. The highest BCUT2D eigenvalue weighted by Gasteiger charge is 2.06. The Labute approximate surface area is 91.2 Å². The normalized spacial score (nSPS) is 10.2. The van der Waals surface area contributed by atoms with E-state index >= 15 is 0 Å². The van der Waals surface area contributed by atoms with E-state index in [1.807, 2.05) is 12.3 Å². The molecule has 60 valence electrons. The van der Waals surface area contributed by atoms with Gasteiger partial charge in [-0.2, -0.15) is 0 Å². The van der Waals surface area contributed by atoms with Crippen molar-refractivity contribution < 1.29 is 4.39 Å². The molecule has 1 aromatic rings. The molecule has 0 saturated carbocycles. The maximum Gasteiger partial charge on any atom is 0.138 e. The predicted octanol–water partition coefficient (Wildman–Crippen LogP) is 3.91. The third-order valence-corrected chi connectivity index (χ3v) is 3.66. The highest BCUT2D eigenvalue weighted by atomic mass is 127. The summed E-state index contributed by atoms with van der Waals surface area (Å²) in [6.07, 6.45) is 1.87. The molecule has 1 rings (SSSR count). The molecule has 0 atom stereocenters. The van der Waals surface area contributed by atoms with Crippen molar-refractivity contribution in [3.05, 3.63) is 26.0 Å². The van der Waals surface area contributed by atoms with Crippen molar-refractivity contribution in [2.45, 2.75) is 4.90 Å². The van der Waals surface area contributed by atoms with Crippen LogP contribution in [0.4, 0.5) is 4.39 Å². The minimum atomic E-state index is -0.156. The molecule has 0 radical (unpaired) electrons. The van der Waals surface area contributed by atoms with E-state index < -0.39 is 0 Å². The Bertz CT molecular complexity index is 254. The van der Waals surface area contributed by atoms with Crippen molar-refractivity contribution >= 4 is 50.3 Å². The molecule has 0 nitrogen and oxygen atoms in total. The molecule has 0 fully saturated rings. The first kappa shape index (κ1) is 9.80. The van der Waals surface area contributed by atoms with Gasteiger partial charge in [0, 0.05) is 8.04 Å². The Kier molecular flexibility index (Phi) is 3.64. The minimum Gasteiger partial charge on any atom is -0.206 e. The fraction of sp³-hybridized carbons (Fsp3) is 0.143. The topological polar surface area (TPSA) is 0 Å². The first-order valence-electron chi connectivity index (χ1n) is 2.83. The number of benzene rings is 1. The summed E-state index contributed by atoms with van der Waals surface area (Å²) in [6, 6.07) is 3.38. The van der Waals surface area contributed by atoms with Gasteiger partial charge in [-0.25, -0.2) is 4.39 Å². The highest BCUT2D eigenvalue weighted by Crippen LogP contribution is 2.28. The van der Waals surface area contributed by atoms with Crippen LogP contribution in [0, 0.1) is 9.39 Å². The van der Waals surface area contributed by atoms with Crippen LogP contribution in [0.1, 0.15) is 0 Å². The summed E-state index contributed by atoms with van der Waals surface area (Å²) < 4.78 is 14.8. The monoisotopic (exact) mass is 346 g/mol. The predicted molar refractivity (Wildman–Crippen MR) is 58.6 cm³/mol. The van der Waals surface area contributed by atoms with E-state index in [0.29, 0.717) is 4.90 Å². The summed E-state index contributed by atoms with van der Waals surface area (Å²) in [5, 5.41) is 0. The molecule has 0 bridgehead atoms. The molecule has 0 unspecified atom stereocenters. The lowest BCUT2D eigenvalue weighted by molar-refractivity contribution is 0.599. The molecule has 0 saturated heterocycles. The quantitative estimate of drug-likeness (QED) is 0.548. The van der Waals surface area contributed by atoms with Crippen molar-refractivity contribution in [2.24, 2.45) is 0 Å². The third kappa shape index (κ3) is 2.32. The lowest BCUT2D eigenvalue weighted by Gasteiger charge is -2.02. The lowest BCUT2D eigenvalue weighted by Crippen LogP contribution is -1.84. The van der Waals surface area contributed by atoms with E-state index in [9.17, 15) is 4.39 Å². The lowest BCUT2D eigenvalue weighted by atomic mass is 10.3. The Morgan fingerprint density at radius 1 is 1.55 bits per heavy atom. The molecule has 11 heavy (non-hydrogen) atoms. The van der Waals surface area contributed by atoms with Gasteiger partial charge in [-0.05, 0) is 41.0 Å². The maximum absolute atomic E-state index is 13.1. The summed E-state index contributed by atoms with van der Waals surface area (Å²) in [7, 11) is 0. The van der Waals surface area contributed by atoms with Gasteiger partial charge >= 0.3 is 0 Å². The molecule has 0 amide bonds. The zero-order valence-corrected chi connectivity index (χ0v) is 10.3. The van der Waals surface area contributed by atoms with E-state index in [1.54, 1.807) is 0 Å². The molecule has 0 N–H and O–H groups in total. The molecule has 1 aromatic carbocycles. The Balaban J connectivity index is 3.25. The zero-order valence-electron chi connectivity index (χ0n) is 5.70. The summed E-state index contributed by atoms with van der Waals surface area (Å²) in [6.45, 7) is 0. The van der Waals surface area contributed by atoms with Crippen LogP contribution in [0.5, 0.6) is 0 Å². The van der Waals surface area contributed by atoms with Gasteiger partial charge in [-0.3, -0.25) is 0 Å². The van der Waals surface area contributed by atoms with Gasteiger partial charge in [0.2, 0.25) is 0 Å². The first-order chi connectivity index (χ1) is 5.15. The van der Waals surface area contributed by atoms with Gasteiger partial charge in [0.05, 0.1) is 4.90 Å². The standard InChI is InChI=1S/C7H5BrFIS/c1-11-7-5(9)2-4(8)3-6(7)10/h2-3H,1H3. The summed E-state index contributed by atoms with van der Waals surface area (Å²) in [4.78, 5) is 0.716. The van der Waals surface area contributed by atoms with Crippen molar-refractivity contribution in [3.8, 4) is 0 Å². The average Bonchev–Trinajstić information content (AvgIpc) is 1.85. The molecule has 0 heterocycles. The van der Waals surface area contributed by atoms with Crippen LogP contribution in [-0.2, 0) is 0 Å². The van der Waals surface area contributed by atoms with E-state index in [-0.39, 0.29) is 5.82 Å². The van der Waals surface area contributed by atoms with Crippen molar-refractivity contribution in [3.63, 3.8) is 0 Å². The maximum atomic E-state index is 13.1. The number of rotatable bonds is 1. The molecule has 0 aliphatic heterocycles. The van der Waals surface area contributed by atoms with Crippen LogP contribution < -0.4 is 0 Å². The molecular weight excluding hydrogens is 342 g/mol. The summed E-state index contributed by atoms with van der Waals surface area (Å²) in [5.74, 6) is -0.156. The van der Waals surface area contributed by atoms with Crippen LogP contribution in [0.3, 0.4) is 0 Å². The zero-order chi connectivity index (χ0) is 8.43. The third-order valence-electron chi connectivity index (χ3n) is 1.17.